The quantitative estimate of drug-likeness (QED) is 0.232. The molecule has 0 unspecified atom stereocenters. The Morgan fingerprint density at radius 1 is 0.424 bits per heavy atom. The third-order valence-electron chi connectivity index (χ3n) is 6.80. The van der Waals surface area contributed by atoms with Crippen LogP contribution in [0.15, 0.2) is 103 Å². The molecule has 33 heavy (non-hydrogen) atoms. The van der Waals surface area contributed by atoms with Crippen LogP contribution in [0.2, 0.25) is 0 Å². The van der Waals surface area contributed by atoms with Crippen LogP contribution < -0.4 is 0 Å². The van der Waals surface area contributed by atoms with Gasteiger partial charge in [-0.1, -0.05) is 66.7 Å². The van der Waals surface area contributed by atoms with Gasteiger partial charge in [-0.05, 0) is 36.4 Å². The molecular formula is C30H17NS2. The van der Waals surface area contributed by atoms with Crippen molar-refractivity contribution in [1.29, 1.82) is 0 Å². The van der Waals surface area contributed by atoms with Crippen molar-refractivity contribution in [3.8, 4) is 5.69 Å². The lowest BCUT2D eigenvalue weighted by molar-refractivity contribution is 1.18. The lowest BCUT2D eigenvalue weighted by atomic mass is 10.1. The van der Waals surface area contributed by atoms with E-state index in [1.165, 1.54) is 67.8 Å². The molecule has 3 aromatic heterocycles. The Balaban J connectivity index is 1.60. The minimum Gasteiger partial charge on any atom is -0.309 e. The summed E-state index contributed by atoms with van der Waals surface area (Å²) in [7, 11) is 0. The standard InChI is InChI=1S/C30H17NS2/c1-2-8-18(9-3-1)31-23-12-6-4-10-21(23)27-24(31)16-14-19-20-15-17-26-28(30(20)33-29(19)27)22-11-5-7-13-25(22)32-26/h1-17H. The van der Waals surface area contributed by atoms with Gasteiger partial charge in [-0.2, -0.15) is 0 Å². The molecule has 0 aliphatic carbocycles. The van der Waals surface area contributed by atoms with Gasteiger partial charge in [0.05, 0.1) is 11.0 Å². The van der Waals surface area contributed by atoms with E-state index in [2.05, 4.69) is 108 Å². The van der Waals surface area contributed by atoms with Gasteiger partial charge in [0, 0.05) is 56.8 Å². The van der Waals surface area contributed by atoms with Crippen LogP contribution in [0, 0.1) is 0 Å². The molecule has 0 saturated carbocycles. The molecule has 8 aromatic rings. The average Bonchev–Trinajstić information content (AvgIpc) is 3.53. The van der Waals surface area contributed by atoms with E-state index in [1.807, 2.05) is 22.7 Å². The maximum Gasteiger partial charge on any atom is 0.0555 e. The molecule has 8 rings (SSSR count). The Kier molecular flexibility index (Phi) is 3.48. The first kappa shape index (κ1) is 17.8. The smallest absolute Gasteiger partial charge is 0.0555 e. The number of thiophene rings is 2. The van der Waals surface area contributed by atoms with Gasteiger partial charge in [0.15, 0.2) is 0 Å². The predicted molar refractivity (Wildman–Crippen MR) is 147 cm³/mol. The third kappa shape index (κ3) is 2.31. The molecule has 154 valence electrons. The molecule has 0 atom stereocenters. The van der Waals surface area contributed by atoms with Gasteiger partial charge >= 0.3 is 0 Å². The summed E-state index contributed by atoms with van der Waals surface area (Å²) in [5, 5.41) is 8.19. The normalized spacial score (nSPS) is 12.2. The second-order valence-electron chi connectivity index (χ2n) is 8.54. The number of aromatic nitrogens is 1. The minimum absolute atomic E-state index is 1.20. The Hall–Kier alpha value is -3.66. The summed E-state index contributed by atoms with van der Waals surface area (Å²) in [6.45, 7) is 0. The van der Waals surface area contributed by atoms with Crippen LogP contribution in [0.25, 0.3) is 67.8 Å². The molecule has 0 spiro atoms. The highest BCUT2D eigenvalue weighted by atomic mass is 32.1. The molecule has 1 nitrogen and oxygen atoms in total. The van der Waals surface area contributed by atoms with Crippen molar-refractivity contribution in [3.05, 3.63) is 103 Å². The van der Waals surface area contributed by atoms with E-state index in [9.17, 15) is 0 Å². The van der Waals surface area contributed by atoms with Crippen molar-refractivity contribution in [3.63, 3.8) is 0 Å². The van der Waals surface area contributed by atoms with Crippen molar-refractivity contribution in [2.75, 3.05) is 0 Å². The second kappa shape index (κ2) is 6.44. The van der Waals surface area contributed by atoms with E-state index in [0.717, 1.165) is 0 Å². The van der Waals surface area contributed by atoms with Crippen LogP contribution in [0.1, 0.15) is 0 Å². The molecule has 0 aliphatic heterocycles. The van der Waals surface area contributed by atoms with Crippen LogP contribution >= 0.6 is 22.7 Å². The molecular weight excluding hydrogens is 438 g/mol. The Labute approximate surface area is 197 Å². The van der Waals surface area contributed by atoms with E-state index < -0.39 is 0 Å². The van der Waals surface area contributed by atoms with Gasteiger partial charge in [-0.15, -0.1) is 22.7 Å². The highest BCUT2D eigenvalue weighted by molar-refractivity contribution is 7.30. The fourth-order valence-electron chi connectivity index (χ4n) is 5.41. The lowest BCUT2D eigenvalue weighted by Crippen LogP contribution is -1.92. The molecule has 0 aliphatic rings. The minimum atomic E-state index is 1.20. The monoisotopic (exact) mass is 455 g/mol. The summed E-state index contributed by atoms with van der Waals surface area (Å²) < 4.78 is 7.94. The SMILES string of the molecule is c1ccc(-n2c3ccccc3c3c4sc5c(ccc6sc7ccccc7c65)c4ccc32)cc1. The number of fused-ring (bicyclic) bond motifs is 11. The summed E-state index contributed by atoms with van der Waals surface area (Å²) in [6.07, 6.45) is 0. The number of rotatable bonds is 1. The van der Waals surface area contributed by atoms with E-state index in [-0.39, 0.29) is 0 Å². The van der Waals surface area contributed by atoms with Gasteiger partial charge in [-0.3, -0.25) is 0 Å². The second-order valence-corrected chi connectivity index (χ2v) is 10.6. The number of nitrogens with zero attached hydrogens (tertiary/aromatic N) is 1. The van der Waals surface area contributed by atoms with E-state index in [1.54, 1.807) is 0 Å². The molecule has 5 aromatic carbocycles. The van der Waals surface area contributed by atoms with Crippen molar-refractivity contribution < 1.29 is 0 Å². The summed E-state index contributed by atoms with van der Waals surface area (Å²) in [5.74, 6) is 0. The number of hydrogen-bond donors (Lipinski definition) is 0. The Bertz CT molecular complexity index is 2020. The first-order chi connectivity index (χ1) is 16.4. The first-order valence-electron chi connectivity index (χ1n) is 11.1. The average molecular weight is 456 g/mol. The van der Waals surface area contributed by atoms with Crippen molar-refractivity contribution in [1.82, 2.24) is 4.57 Å². The third-order valence-corrected chi connectivity index (χ3v) is 9.19. The van der Waals surface area contributed by atoms with E-state index >= 15 is 0 Å². The lowest BCUT2D eigenvalue weighted by Gasteiger charge is -2.07. The number of para-hydroxylation sites is 2. The molecule has 0 fully saturated rings. The molecule has 3 heterocycles. The van der Waals surface area contributed by atoms with Gasteiger partial charge in [0.2, 0.25) is 0 Å². The van der Waals surface area contributed by atoms with Gasteiger partial charge in [-0.25, -0.2) is 0 Å². The summed E-state index contributed by atoms with van der Waals surface area (Å²) in [4.78, 5) is 0. The van der Waals surface area contributed by atoms with E-state index in [4.69, 9.17) is 0 Å². The number of hydrogen-bond acceptors (Lipinski definition) is 2. The van der Waals surface area contributed by atoms with Gasteiger partial charge in [0.1, 0.15) is 0 Å². The fraction of sp³-hybridized carbons (Fsp3) is 0. The van der Waals surface area contributed by atoms with Crippen LogP contribution in [0.5, 0.6) is 0 Å². The van der Waals surface area contributed by atoms with Crippen LogP contribution in [-0.2, 0) is 0 Å². The highest BCUT2D eigenvalue weighted by Gasteiger charge is 2.19. The summed E-state index contributed by atoms with van der Waals surface area (Å²) in [6, 6.07) is 37.6. The van der Waals surface area contributed by atoms with Crippen molar-refractivity contribution in [2.45, 2.75) is 0 Å². The highest BCUT2D eigenvalue weighted by Crippen LogP contribution is 2.47. The summed E-state index contributed by atoms with van der Waals surface area (Å²) >= 11 is 3.85. The Morgan fingerprint density at radius 2 is 1.12 bits per heavy atom. The molecule has 0 saturated heterocycles. The Morgan fingerprint density at radius 3 is 2.00 bits per heavy atom. The van der Waals surface area contributed by atoms with Crippen molar-refractivity contribution in [2.24, 2.45) is 0 Å². The fourth-order valence-corrected chi connectivity index (χ4v) is 8.00. The first-order valence-corrected chi connectivity index (χ1v) is 12.8. The molecule has 0 amide bonds. The molecule has 0 bridgehead atoms. The van der Waals surface area contributed by atoms with E-state index in [0.29, 0.717) is 0 Å². The maximum absolute atomic E-state index is 2.41. The molecule has 3 heteroatoms. The summed E-state index contributed by atoms with van der Waals surface area (Å²) in [5.41, 5.74) is 3.73. The molecule has 0 N–H and O–H groups in total. The largest absolute Gasteiger partial charge is 0.309 e. The van der Waals surface area contributed by atoms with Crippen LogP contribution in [0.3, 0.4) is 0 Å². The van der Waals surface area contributed by atoms with Crippen LogP contribution in [0.4, 0.5) is 0 Å². The van der Waals surface area contributed by atoms with Gasteiger partial charge < -0.3 is 4.57 Å². The molecule has 0 radical (unpaired) electrons. The number of benzene rings is 5. The zero-order valence-electron chi connectivity index (χ0n) is 17.6. The zero-order chi connectivity index (χ0) is 21.5. The van der Waals surface area contributed by atoms with Crippen molar-refractivity contribution >= 4 is 84.8 Å². The maximum atomic E-state index is 2.41. The van der Waals surface area contributed by atoms with Crippen LogP contribution in [-0.4, -0.2) is 4.57 Å². The topological polar surface area (TPSA) is 4.93 Å². The zero-order valence-corrected chi connectivity index (χ0v) is 19.2. The predicted octanol–water partition coefficient (Wildman–Crippen LogP) is 9.52. The van der Waals surface area contributed by atoms with Gasteiger partial charge in [0.25, 0.3) is 0 Å².